The number of carboxylic acid groups (broad SMARTS) is 1. The summed E-state index contributed by atoms with van der Waals surface area (Å²) in [7, 11) is 3.00. The standard InChI is InChI=1S/C48H49N7O12/c1-26(2)43(53-48(60)61)45(57)52-27(3)44(56)49-11-6-8-28-14-31-21-50-35-19-41(38(62-4)17-33(35)46(58)54(31)23-28)64-12-7-13-65-42-20-36-34(18-39(42)63-5)47(59)55-24-30(15-32(55)22-51-36)29-9-10-37-40(16-29)67-25-66-37/h9-10,16-24,26-27,31-32,43,53H,7,11-15,25H2,1-5H3,(H,49,56)(H,52,57)(H,60,61)/t27?,31-,32-,43?/m0/s1. The third kappa shape index (κ3) is 9.83. The Balaban J connectivity index is 0.835. The van der Waals surface area contributed by atoms with Gasteiger partial charge in [0.05, 0.1) is 68.6 Å². The lowest BCUT2D eigenvalue weighted by Crippen LogP contribution is -2.54. The first-order valence-electron chi connectivity index (χ1n) is 21.6. The topological polar surface area (TPSA) is 228 Å². The van der Waals surface area contributed by atoms with Crippen LogP contribution in [-0.2, 0) is 9.59 Å². The molecule has 0 saturated carbocycles. The van der Waals surface area contributed by atoms with Gasteiger partial charge in [-0.05, 0) is 48.2 Å². The molecule has 3 aromatic rings. The monoisotopic (exact) mass is 915 g/mol. The molecule has 0 bridgehead atoms. The summed E-state index contributed by atoms with van der Waals surface area (Å²) in [5.41, 5.74) is 4.19. The number of nitrogens with zero attached hydrogens (tertiary/aromatic N) is 4. The van der Waals surface area contributed by atoms with Crippen LogP contribution in [0.4, 0.5) is 16.2 Å². The van der Waals surface area contributed by atoms with Crippen molar-refractivity contribution in [2.45, 2.75) is 64.2 Å². The van der Waals surface area contributed by atoms with Gasteiger partial charge < -0.3 is 59.3 Å². The van der Waals surface area contributed by atoms with Crippen molar-refractivity contribution in [3.8, 4) is 46.3 Å². The average molecular weight is 916 g/mol. The van der Waals surface area contributed by atoms with Crippen LogP contribution in [-0.4, -0.2) is 122 Å². The number of amides is 5. The second-order valence-electron chi connectivity index (χ2n) is 16.4. The predicted molar refractivity (Wildman–Crippen MR) is 244 cm³/mol. The molecule has 4 N–H and O–H groups in total. The maximum absolute atomic E-state index is 13.8. The number of hydrogen-bond donors (Lipinski definition) is 4. The molecule has 67 heavy (non-hydrogen) atoms. The minimum Gasteiger partial charge on any atom is -0.493 e. The molecule has 4 atom stereocenters. The Kier molecular flexibility index (Phi) is 13.3. The van der Waals surface area contributed by atoms with Gasteiger partial charge in [-0.15, -0.1) is 0 Å². The number of benzene rings is 3. The number of ether oxygens (including phenoxy) is 6. The Morgan fingerprint density at radius 2 is 1.40 bits per heavy atom. The molecule has 19 heteroatoms. The van der Waals surface area contributed by atoms with Crippen LogP contribution in [0.15, 0.2) is 70.4 Å². The zero-order chi connectivity index (χ0) is 47.4. The normalized spacial score (nSPS) is 18.1. The largest absolute Gasteiger partial charge is 0.493 e. The highest BCUT2D eigenvalue weighted by atomic mass is 16.7. The molecule has 3 aromatic carbocycles. The van der Waals surface area contributed by atoms with Crippen molar-refractivity contribution in [1.29, 1.82) is 0 Å². The molecule has 2 unspecified atom stereocenters. The molecule has 0 saturated heterocycles. The van der Waals surface area contributed by atoms with E-state index < -0.39 is 36.0 Å². The summed E-state index contributed by atoms with van der Waals surface area (Å²) in [5.74, 6) is 6.87. The van der Waals surface area contributed by atoms with Crippen LogP contribution in [0.2, 0.25) is 0 Å². The number of hydrogen-bond acceptors (Lipinski definition) is 13. The molecule has 0 aromatic heterocycles. The first-order valence-corrected chi connectivity index (χ1v) is 21.6. The highest BCUT2D eigenvalue weighted by Crippen LogP contribution is 2.42. The van der Waals surface area contributed by atoms with Gasteiger partial charge in [-0.25, -0.2) is 4.79 Å². The first kappa shape index (κ1) is 45.6. The molecule has 5 aliphatic rings. The molecule has 5 aliphatic heterocycles. The van der Waals surface area contributed by atoms with Gasteiger partial charge >= 0.3 is 6.09 Å². The van der Waals surface area contributed by atoms with E-state index in [1.54, 1.807) is 66.5 Å². The van der Waals surface area contributed by atoms with Crippen LogP contribution in [0.5, 0.6) is 34.5 Å². The fourth-order valence-electron chi connectivity index (χ4n) is 8.03. The van der Waals surface area contributed by atoms with Crippen LogP contribution in [0.3, 0.4) is 0 Å². The Labute approximate surface area is 385 Å². The third-order valence-corrected chi connectivity index (χ3v) is 11.6. The predicted octanol–water partition coefficient (Wildman–Crippen LogP) is 4.98. The van der Waals surface area contributed by atoms with Crippen molar-refractivity contribution in [2.75, 3.05) is 40.8 Å². The molecule has 19 nitrogen and oxygen atoms in total. The number of aliphatic imine (C=N–C) groups is 2. The van der Waals surface area contributed by atoms with Crippen LogP contribution >= 0.6 is 0 Å². The van der Waals surface area contributed by atoms with Gasteiger partial charge in [0, 0.05) is 61.8 Å². The summed E-state index contributed by atoms with van der Waals surface area (Å²) in [6.45, 7) is 5.51. The summed E-state index contributed by atoms with van der Waals surface area (Å²) < 4.78 is 34.5. The van der Waals surface area contributed by atoms with E-state index in [0.717, 1.165) is 11.1 Å². The fraction of sp³-hybridized carbons (Fsp3) is 0.354. The van der Waals surface area contributed by atoms with Crippen molar-refractivity contribution >= 4 is 59.1 Å². The molecule has 348 valence electrons. The number of carbonyl (C=O) groups excluding carboxylic acids is 4. The lowest BCUT2D eigenvalue weighted by Gasteiger charge is -2.22. The maximum Gasteiger partial charge on any atom is 0.405 e. The van der Waals surface area contributed by atoms with Gasteiger partial charge in [0.2, 0.25) is 18.6 Å². The molecule has 5 amide bonds. The lowest BCUT2D eigenvalue weighted by molar-refractivity contribution is -0.130. The van der Waals surface area contributed by atoms with E-state index in [1.807, 2.05) is 24.4 Å². The van der Waals surface area contributed by atoms with Crippen LogP contribution in [0.1, 0.15) is 66.3 Å². The summed E-state index contributed by atoms with van der Waals surface area (Å²) in [6.07, 6.45) is 7.09. The molecule has 8 rings (SSSR count). The molecule has 5 heterocycles. The van der Waals surface area contributed by atoms with Crippen molar-refractivity contribution in [2.24, 2.45) is 15.9 Å². The van der Waals surface area contributed by atoms with Crippen LogP contribution in [0.25, 0.3) is 5.57 Å². The van der Waals surface area contributed by atoms with E-state index in [9.17, 15) is 24.0 Å². The van der Waals surface area contributed by atoms with Gasteiger partial charge in [0.15, 0.2) is 34.5 Å². The third-order valence-electron chi connectivity index (χ3n) is 11.6. The van der Waals surface area contributed by atoms with Gasteiger partial charge in [-0.3, -0.25) is 29.2 Å². The van der Waals surface area contributed by atoms with Gasteiger partial charge in [-0.1, -0.05) is 31.8 Å². The molecular weight excluding hydrogens is 867 g/mol. The zero-order valence-electron chi connectivity index (χ0n) is 37.4. The quantitative estimate of drug-likeness (QED) is 0.117. The second kappa shape index (κ2) is 19.6. The molecular formula is C48H49N7O12. The molecule has 0 aliphatic carbocycles. The Bertz CT molecular complexity index is 2700. The van der Waals surface area contributed by atoms with E-state index in [2.05, 4.69) is 32.8 Å². The van der Waals surface area contributed by atoms with E-state index in [0.29, 0.717) is 81.8 Å². The summed E-state index contributed by atoms with van der Waals surface area (Å²) in [4.78, 5) is 76.4. The van der Waals surface area contributed by atoms with E-state index in [4.69, 9.17) is 38.5 Å². The second-order valence-corrected chi connectivity index (χ2v) is 16.4. The smallest absolute Gasteiger partial charge is 0.405 e. The van der Waals surface area contributed by atoms with Gasteiger partial charge in [-0.2, -0.15) is 0 Å². The number of carbonyl (C=O) groups is 5. The van der Waals surface area contributed by atoms with Crippen molar-refractivity contribution in [3.63, 3.8) is 0 Å². The van der Waals surface area contributed by atoms with Crippen LogP contribution in [0, 0.1) is 17.8 Å². The van der Waals surface area contributed by atoms with Gasteiger partial charge in [0.1, 0.15) is 12.1 Å². The highest BCUT2D eigenvalue weighted by Gasteiger charge is 2.35. The number of nitrogens with one attached hydrogen (secondary N) is 3. The Morgan fingerprint density at radius 1 is 0.791 bits per heavy atom. The van der Waals surface area contributed by atoms with E-state index >= 15 is 0 Å². The highest BCUT2D eigenvalue weighted by molar-refractivity contribution is 6.06. The molecule has 0 radical (unpaired) electrons. The van der Waals surface area contributed by atoms with Gasteiger partial charge in [0.25, 0.3) is 11.8 Å². The molecule has 0 fully saturated rings. The fourth-order valence-corrected chi connectivity index (χ4v) is 8.03. The minimum atomic E-state index is -1.34. The Hall–Kier alpha value is -8.01. The summed E-state index contributed by atoms with van der Waals surface area (Å²) in [6, 6.07) is 9.75. The zero-order valence-corrected chi connectivity index (χ0v) is 37.4. The Morgan fingerprint density at radius 3 is 2.01 bits per heavy atom. The lowest BCUT2D eigenvalue weighted by atomic mass is 10.0. The minimum absolute atomic E-state index is 0.0251. The number of fused-ring (bicyclic) bond motifs is 5. The van der Waals surface area contributed by atoms with Crippen LogP contribution < -0.4 is 44.4 Å². The van der Waals surface area contributed by atoms with E-state index in [-0.39, 0.29) is 50.3 Å². The average Bonchev–Trinajstić information content (AvgIpc) is 4.05. The number of rotatable bonds is 15. The SMILES string of the molecule is COc1cc2c(cc1OCCCOc1cc3c(cc1OC)C(=O)N1C=C(c4ccc5c(c4)OCO5)C[C@H]1C=N3)N=C[C@@H]1CC(C#CCNC(=O)C(C)NC(=O)C(NC(=O)O)C(C)C)=CN1C2=O. The van der Waals surface area contributed by atoms with Crippen molar-refractivity contribution in [1.82, 2.24) is 25.8 Å². The molecule has 0 spiro atoms. The van der Waals surface area contributed by atoms with Crippen molar-refractivity contribution in [3.05, 3.63) is 77.1 Å². The first-order chi connectivity index (χ1) is 32.3. The maximum atomic E-state index is 13.8. The summed E-state index contributed by atoms with van der Waals surface area (Å²) in [5, 5.41) is 16.3. The summed E-state index contributed by atoms with van der Waals surface area (Å²) >= 11 is 0. The number of methoxy groups -OCH3 is 2. The van der Waals surface area contributed by atoms with E-state index in [1.165, 1.54) is 21.1 Å². The van der Waals surface area contributed by atoms with Crippen molar-refractivity contribution < 1.29 is 57.5 Å².